The number of carbonyl (C=O) groups excluding carboxylic acids is 1. The van der Waals surface area contributed by atoms with Gasteiger partial charge in [-0.2, -0.15) is 5.10 Å². The van der Waals surface area contributed by atoms with Crippen LogP contribution in [0.5, 0.6) is 0 Å². The molecular weight excluding hydrogens is 264 g/mol. The second-order valence-corrected chi connectivity index (χ2v) is 5.35. The van der Waals surface area contributed by atoms with Crippen molar-refractivity contribution in [1.82, 2.24) is 20.4 Å². The van der Waals surface area contributed by atoms with Gasteiger partial charge in [0, 0.05) is 24.8 Å². The van der Waals surface area contributed by atoms with Crippen LogP contribution in [-0.2, 0) is 11.3 Å². The number of nitrogens with zero attached hydrogens (tertiary/aromatic N) is 2. The first kappa shape index (κ1) is 13.8. The van der Waals surface area contributed by atoms with Crippen LogP contribution in [0.15, 0.2) is 42.7 Å². The van der Waals surface area contributed by atoms with E-state index in [9.17, 15) is 4.79 Å². The molecule has 0 bridgehead atoms. The molecule has 2 heterocycles. The third-order valence-corrected chi connectivity index (χ3v) is 3.74. The van der Waals surface area contributed by atoms with E-state index in [4.69, 9.17) is 0 Å². The van der Waals surface area contributed by atoms with Crippen molar-refractivity contribution in [1.29, 1.82) is 0 Å². The van der Waals surface area contributed by atoms with E-state index in [2.05, 4.69) is 15.7 Å². The number of amides is 1. The zero-order valence-corrected chi connectivity index (χ0v) is 12.0. The lowest BCUT2D eigenvalue weighted by atomic mass is 10.1. The predicted octanol–water partition coefficient (Wildman–Crippen LogP) is 1.63. The van der Waals surface area contributed by atoms with Crippen molar-refractivity contribution in [2.45, 2.75) is 31.8 Å². The van der Waals surface area contributed by atoms with Crippen LogP contribution in [0.2, 0.25) is 0 Å². The number of nitrogens with one attached hydrogen (secondary N) is 2. The first-order valence-electron chi connectivity index (χ1n) is 7.43. The molecule has 1 amide bonds. The van der Waals surface area contributed by atoms with Crippen molar-refractivity contribution in [3.05, 3.63) is 48.3 Å². The summed E-state index contributed by atoms with van der Waals surface area (Å²) in [5.41, 5.74) is 2.12. The highest BCUT2D eigenvalue weighted by molar-refractivity contribution is 5.81. The van der Waals surface area contributed by atoms with Gasteiger partial charge in [-0.15, -0.1) is 0 Å². The van der Waals surface area contributed by atoms with Gasteiger partial charge in [-0.25, -0.2) is 4.68 Å². The van der Waals surface area contributed by atoms with E-state index in [1.54, 1.807) is 0 Å². The van der Waals surface area contributed by atoms with E-state index in [1.165, 1.54) is 0 Å². The number of hydrogen-bond acceptors (Lipinski definition) is 3. The Morgan fingerprint density at radius 3 is 3.00 bits per heavy atom. The van der Waals surface area contributed by atoms with Crippen molar-refractivity contribution in [2.24, 2.45) is 0 Å². The van der Waals surface area contributed by atoms with Crippen LogP contribution in [0.4, 0.5) is 0 Å². The summed E-state index contributed by atoms with van der Waals surface area (Å²) in [7, 11) is 0. The molecule has 1 atom stereocenters. The minimum absolute atomic E-state index is 0.0902. The summed E-state index contributed by atoms with van der Waals surface area (Å²) in [6.07, 6.45) is 6.89. The minimum atomic E-state index is -0.0902. The summed E-state index contributed by atoms with van der Waals surface area (Å²) in [6, 6.07) is 9.91. The van der Waals surface area contributed by atoms with Crippen LogP contribution in [0.25, 0.3) is 5.69 Å². The monoisotopic (exact) mass is 284 g/mol. The van der Waals surface area contributed by atoms with Crippen molar-refractivity contribution in [2.75, 3.05) is 6.54 Å². The van der Waals surface area contributed by atoms with Crippen LogP contribution >= 0.6 is 0 Å². The van der Waals surface area contributed by atoms with E-state index >= 15 is 0 Å². The fraction of sp³-hybridized carbons (Fsp3) is 0.375. The van der Waals surface area contributed by atoms with Crippen molar-refractivity contribution >= 4 is 5.91 Å². The fourth-order valence-electron chi connectivity index (χ4n) is 2.55. The highest BCUT2D eigenvalue weighted by Crippen LogP contribution is 2.09. The van der Waals surface area contributed by atoms with Gasteiger partial charge >= 0.3 is 0 Å². The Labute approximate surface area is 124 Å². The number of rotatable bonds is 4. The van der Waals surface area contributed by atoms with Crippen LogP contribution in [-0.4, -0.2) is 28.3 Å². The smallest absolute Gasteiger partial charge is 0.237 e. The third-order valence-electron chi connectivity index (χ3n) is 3.74. The van der Waals surface area contributed by atoms with Crippen LogP contribution in [0.1, 0.15) is 24.8 Å². The summed E-state index contributed by atoms with van der Waals surface area (Å²) in [6.45, 7) is 1.45. The molecule has 5 nitrogen and oxygen atoms in total. The number of para-hydroxylation sites is 1. The number of hydrogen-bond donors (Lipinski definition) is 2. The second-order valence-electron chi connectivity index (χ2n) is 5.35. The van der Waals surface area contributed by atoms with E-state index in [-0.39, 0.29) is 11.9 Å². The van der Waals surface area contributed by atoms with Gasteiger partial charge in [0.1, 0.15) is 0 Å². The summed E-state index contributed by atoms with van der Waals surface area (Å²) in [4.78, 5) is 11.9. The van der Waals surface area contributed by atoms with Gasteiger partial charge in [-0.05, 0) is 31.4 Å². The number of aromatic nitrogens is 2. The molecule has 3 rings (SSSR count). The fourth-order valence-corrected chi connectivity index (χ4v) is 2.55. The lowest BCUT2D eigenvalue weighted by molar-refractivity contribution is -0.122. The summed E-state index contributed by atoms with van der Waals surface area (Å²) >= 11 is 0. The SMILES string of the molecule is O=C1NCCCCC1NCc1cnn(-c2ccccc2)c1. The normalized spacial score (nSPS) is 19.0. The Hall–Kier alpha value is -2.14. The molecule has 0 saturated carbocycles. The zero-order valence-electron chi connectivity index (χ0n) is 12.0. The van der Waals surface area contributed by atoms with Gasteiger partial charge in [-0.3, -0.25) is 4.79 Å². The molecule has 1 aliphatic heterocycles. The Bertz CT molecular complexity index is 593. The molecule has 1 aromatic heterocycles. The Kier molecular flexibility index (Phi) is 4.31. The maximum absolute atomic E-state index is 11.9. The van der Waals surface area contributed by atoms with Gasteiger partial charge < -0.3 is 10.6 Å². The first-order valence-corrected chi connectivity index (χ1v) is 7.43. The maximum atomic E-state index is 11.9. The summed E-state index contributed by atoms with van der Waals surface area (Å²) in [5, 5.41) is 10.6. The lowest BCUT2D eigenvalue weighted by Gasteiger charge is -2.14. The standard InChI is InChI=1S/C16H20N4O/c21-16-15(8-4-5-9-17-16)18-10-13-11-19-20(12-13)14-6-2-1-3-7-14/h1-3,6-7,11-12,15,18H,4-5,8-10H2,(H,17,21). The van der Waals surface area contributed by atoms with E-state index in [0.29, 0.717) is 6.54 Å². The summed E-state index contributed by atoms with van der Waals surface area (Å²) in [5.74, 6) is 0.114. The highest BCUT2D eigenvalue weighted by Gasteiger charge is 2.19. The largest absolute Gasteiger partial charge is 0.355 e. The average Bonchev–Trinajstić information content (AvgIpc) is 2.90. The van der Waals surface area contributed by atoms with Crippen molar-refractivity contribution in [3.8, 4) is 5.69 Å². The number of carbonyl (C=O) groups is 1. The third kappa shape index (κ3) is 3.49. The second kappa shape index (κ2) is 6.54. The van der Waals surface area contributed by atoms with Gasteiger partial charge in [0.05, 0.1) is 17.9 Å². The maximum Gasteiger partial charge on any atom is 0.237 e. The molecule has 0 spiro atoms. The van der Waals surface area contributed by atoms with Crippen LogP contribution in [0.3, 0.4) is 0 Å². The average molecular weight is 284 g/mol. The molecule has 1 aromatic carbocycles. The van der Waals surface area contributed by atoms with Gasteiger partial charge in [0.2, 0.25) is 5.91 Å². The van der Waals surface area contributed by atoms with Crippen molar-refractivity contribution in [3.63, 3.8) is 0 Å². The van der Waals surface area contributed by atoms with E-state index in [0.717, 1.165) is 37.1 Å². The quantitative estimate of drug-likeness (QED) is 0.897. The topological polar surface area (TPSA) is 59.0 Å². The minimum Gasteiger partial charge on any atom is -0.355 e. The molecule has 0 radical (unpaired) electrons. The summed E-state index contributed by atoms with van der Waals surface area (Å²) < 4.78 is 1.85. The van der Waals surface area contributed by atoms with Crippen LogP contribution in [0, 0.1) is 0 Å². The Morgan fingerprint density at radius 1 is 1.29 bits per heavy atom. The molecule has 2 N–H and O–H groups in total. The van der Waals surface area contributed by atoms with Crippen molar-refractivity contribution < 1.29 is 4.79 Å². The Morgan fingerprint density at radius 2 is 2.14 bits per heavy atom. The highest BCUT2D eigenvalue weighted by atomic mass is 16.2. The van der Waals surface area contributed by atoms with Gasteiger partial charge in [0.25, 0.3) is 0 Å². The molecule has 110 valence electrons. The van der Waals surface area contributed by atoms with Gasteiger partial charge in [0.15, 0.2) is 0 Å². The van der Waals surface area contributed by atoms with Gasteiger partial charge in [-0.1, -0.05) is 18.2 Å². The molecule has 1 aliphatic rings. The molecule has 1 unspecified atom stereocenters. The first-order chi connectivity index (χ1) is 10.3. The Balaban J connectivity index is 1.61. The van der Waals surface area contributed by atoms with E-state index < -0.39 is 0 Å². The molecule has 21 heavy (non-hydrogen) atoms. The van der Waals surface area contributed by atoms with E-state index in [1.807, 2.05) is 47.4 Å². The van der Waals surface area contributed by atoms with Crippen LogP contribution < -0.4 is 10.6 Å². The molecular formula is C16H20N4O. The number of benzene rings is 1. The zero-order chi connectivity index (χ0) is 14.5. The lowest BCUT2D eigenvalue weighted by Crippen LogP contribution is -2.42. The molecule has 5 heteroatoms. The predicted molar refractivity (Wildman–Crippen MR) is 81.1 cm³/mol. The molecule has 1 saturated heterocycles. The molecule has 0 aliphatic carbocycles. The molecule has 2 aromatic rings. The molecule has 1 fully saturated rings.